The summed E-state index contributed by atoms with van der Waals surface area (Å²) < 4.78 is 6.98. The van der Waals surface area contributed by atoms with Gasteiger partial charge in [-0.3, -0.25) is 4.79 Å². The average molecular weight is 486 g/mol. The van der Waals surface area contributed by atoms with Crippen molar-refractivity contribution in [2.75, 3.05) is 5.32 Å². The van der Waals surface area contributed by atoms with E-state index in [-0.39, 0.29) is 5.91 Å². The maximum atomic E-state index is 12.9. The van der Waals surface area contributed by atoms with Crippen molar-refractivity contribution in [3.8, 4) is 16.3 Å². The van der Waals surface area contributed by atoms with Gasteiger partial charge in [-0.2, -0.15) is 0 Å². The average Bonchev–Trinajstić information content (AvgIpc) is 3.42. The first-order valence-electron chi connectivity index (χ1n) is 10.9. The molecule has 0 fully saturated rings. The van der Waals surface area contributed by atoms with Crippen LogP contribution in [0.5, 0.6) is 5.75 Å². The van der Waals surface area contributed by atoms with Crippen LogP contribution < -0.4 is 10.1 Å². The minimum atomic E-state index is -0.167. The van der Waals surface area contributed by atoms with Crippen LogP contribution in [0.3, 0.4) is 0 Å². The zero-order valence-corrected chi connectivity index (χ0v) is 20.7. The van der Waals surface area contributed by atoms with Crippen LogP contribution in [-0.4, -0.2) is 15.9 Å². The van der Waals surface area contributed by atoms with Gasteiger partial charge < -0.3 is 10.1 Å². The van der Waals surface area contributed by atoms with E-state index in [1.807, 2.05) is 62.4 Å². The number of aryl methyl sites for hydroxylation is 3. The van der Waals surface area contributed by atoms with Gasteiger partial charge in [-0.05, 0) is 74.9 Å². The molecule has 34 heavy (non-hydrogen) atoms. The number of fused-ring (bicyclic) bond motifs is 1. The molecular formula is C27H23N3O2S2. The molecule has 0 unspecified atom stereocenters. The second-order valence-electron chi connectivity index (χ2n) is 8.15. The van der Waals surface area contributed by atoms with Crippen molar-refractivity contribution in [1.82, 2.24) is 9.97 Å². The SMILES string of the molecule is Cc1ccc(OCc2nc(C)c(C(=O)Nc3ccc(-c4nc5ccc(C)cc5s4)cc3)s2)cc1. The van der Waals surface area contributed by atoms with Gasteiger partial charge in [0.15, 0.2) is 0 Å². The molecule has 0 radical (unpaired) electrons. The number of benzene rings is 3. The van der Waals surface area contributed by atoms with E-state index < -0.39 is 0 Å². The van der Waals surface area contributed by atoms with Gasteiger partial charge in [0.05, 0.1) is 15.9 Å². The van der Waals surface area contributed by atoms with Gasteiger partial charge in [0.1, 0.15) is 27.2 Å². The monoisotopic (exact) mass is 485 g/mol. The first-order valence-corrected chi connectivity index (χ1v) is 12.5. The number of aromatic nitrogens is 2. The predicted molar refractivity (Wildman–Crippen MR) is 140 cm³/mol. The lowest BCUT2D eigenvalue weighted by Gasteiger charge is -2.05. The van der Waals surface area contributed by atoms with Gasteiger partial charge in [0, 0.05) is 11.3 Å². The third kappa shape index (κ3) is 4.85. The standard InChI is InChI=1S/C27H23N3O2S2/c1-16-4-11-21(12-5-16)32-15-24-28-18(3)25(34-24)26(31)29-20-9-7-19(8-10-20)27-30-22-13-6-17(2)14-23(22)33-27/h4-14H,15H2,1-3H3,(H,29,31). The molecule has 0 aliphatic carbocycles. The van der Waals surface area contributed by atoms with Crippen LogP contribution in [-0.2, 0) is 6.61 Å². The molecule has 0 saturated heterocycles. The third-order valence-electron chi connectivity index (χ3n) is 5.36. The second-order valence-corrected chi connectivity index (χ2v) is 10.3. The van der Waals surface area contributed by atoms with Crippen molar-refractivity contribution in [2.45, 2.75) is 27.4 Å². The summed E-state index contributed by atoms with van der Waals surface area (Å²) in [7, 11) is 0. The van der Waals surface area contributed by atoms with Crippen LogP contribution >= 0.6 is 22.7 Å². The molecule has 0 saturated carbocycles. The highest BCUT2D eigenvalue weighted by atomic mass is 32.1. The molecule has 2 heterocycles. The van der Waals surface area contributed by atoms with E-state index in [2.05, 4.69) is 35.4 Å². The Hall–Kier alpha value is -3.55. The number of carbonyl (C=O) groups excluding carboxylic acids is 1. The summed E-state index contributed by atoms with van der Waals surface area (Å²) in [5, 5.41) is 4.71. The molecule has 0 aliphatic heterocycles. The van der Waals surface area contributed by atoms with Crippen LogP contribution in [0.25, 0.3) is 20.8 Å². The smallest absolute Gasteiger partial charge is 0.267 e. The van der Waals surface area contributed by atoms with Crippen molar-refractivity contribution in [1.29, 1.82) is 0 Å². The summed E-state index contributed by atoms with van der Waals surface area (Å²) in [5.74, 6) is 0.618. The summed E-state index contributed by atoms with van der Waals surface area (Å²) in [5.41, 5.74) is 5.87. The molecule has 170 valence electrons. The number of hydrogen-bond acceptors (Lipinski definition) is 6. The summed E-state index contributed by atoms with van der Waals surface area (Å²) >= 11 is 3.03. The number of nitrogens with zero attached hydrogens (tertiary/aromatic N) is 2. The maximum Gasteiger partial charge on any atom is 0.267 e. The Labute approximate surface area is 206 Å². The normalized spacial score (nSPS) is 11.0. The molecule has 3 aromatic carbocycles. The molecular weight excluding hydrogens is 462 g/mol. The Morgan fingerprint density at radius 1 is 0.882 bits per heavy atom. The fourth-order valence-electron chi connectivity index (χ4n) is 3.54. The Bertz CT molecular complexity index is 1470. The number of rotatable bonds is 6. The number of hydrogen-bond donors (Lipinski definition) is 1. The number of amides is 1. The van der Waals surface area contributed by atoms with E-state index in [0.29, 0.717) is 17.2 Å². The minimum absolute atomic E-state index is 0.167. The quantitative estimate of drug-likeness (QED) is 0.277. The minimum Gasteiger partial charge on any atom is -0.486 e. The van der Waals surface area contributed by atoms with Crippen molar-refractivity contribution in [3.05, 3.63) is 93.4 Å². The summed E-state index contributed by atoms with van der Waals surface area (Å²) in [6.07, 6.45) is 0. The van der Waals surface area contributed by atoms with Gasteiger partial charge in [0.2, 0.25) is 0 Å². The number of nitrogens with one attached hydrogen (secondary N) is 1. The highest BCUT2D eigenvalue weighted by molar-refractivity contribution is 7.21. The summed E-state index contributed by atoms with van der Waals surface area (Å²) in [4.78, 5) is 22.7. The zero-order chi connectivity index (χ0) is 23.7. The zero-order valence-electron chi connectivity index (χ0n) is 19.1. The first kappa shape index (κ1) is 22.3. The molecule has 0 atom stereocenters. The van der Waals surface area contributed by atoms with Crippen molar-refractivity contribution >= 4 is 44.5 Å². The van der Waals surface area contributed by atoms with E-state index >= 15 is 0 Å². The highest BCUT2D eigenvalue weighted by Crippen LogP contribution is 2.31. The van der Waals surface area contributed by atoms with Crippen molar-refractivity contribution in [3.63, 3.8) is 0 Å². The first-order chi connectivity index (χ1) is 16.4. The summed E-state index contributed by atoms with van der Waals surface area (Å²) in [6, 6.07) is 21.9. The Morgan fingerprint density at radius 3 is 2.38 bits per heavy atom. The lowest BCUT2D eigenvalue weighted by Crippen LogP contribution is -2.11. The topological polar surface area (TPSA) is 64.1 Å². The number of ether oxygens (including phenoxy) is 1. The van der Waals surface area contributed by atoms with E-state index in [1.165, 1.54) is 27.2 Å². The van der Waals surface area contributed by atoms with E-state index in [4.69, 9.17) is 9.72 Å². The van der Waals surface area contributed by atoms with Crippen LogP contribution in [0.1, 0.15) is 31.5 Å². The lowest BCUT2D eigenvalue weighted by molar-refractivity contribution is 0.103. The van der Waals surface area contributed by atoms with E-state index in [0.717, 1.165) is 32.5 Å². The van der Waals surface area contributed by atoms with Gasteiger partial charge in [-0.25, -0.2) is 9.97 Å². The van der Waals surface area contributed by atoms with Crippen LogP contribution in [0.4, 0.5) is 5.69 Å². The molecule has 5 nitrogen and oxygen atoms in total. The second kappa shape index (κ2) is 9.37. The van der Waals surface area contributed by atoms with E-state index in [1.54, 1.807) is 11.3 Å². The molecule has 5 rings (SSSR count). The van der Waals surface area contributed by atoms with Crippen LogP contribution in [0.15, 0.2) is 66.7 Å². The van der Waals surface area contributed by atoms with Crippen molar-refractivity contribution < 1.29 is 9.53 Å². The fourth-order valence-corrected chi connectivity index (χ4v) is 5.49. The molecule has 0 bridgehead atoms. The molecule has 1 N–H and O–H groups in total. The lowest BCUT2D eigenvalue weighted by atomic mass is 10.2. The van der Waals surface area contributed by atoms with Crippen LogP contribution in [0.2, 0.25) is 0 Å². The third-order valence-corrected chi connectivity index (χ3v) is 7.56. The van der Waals surface area contributed by atoms with Gasteiger partial charge >= 0.3 is 0 Å². The Morgan fingerprint density at radius 2 is 1.62 bits per heavy atom. The van der Waals surface area contributed by atoms with Crippen molar-refractivity contribution in [2.24, 2.45) is 0 Å². The molecule has 7 heteroatoms. The Balaban J connectivity index is 1.25. The molecule has 2 aromatic heterocycles. The van der Waals surface area contributed by atoms with Gasteiger partial charge in [0.25, 0.3) is 5.91 Å². The largest absolute Gasteiger partial charge is 0.486 e. The predicted octanol–water partition coefficient (Wildman–Crippen LogP) is 7.18. The molecule has 0 spiro atoms. The van der Waals surface area contributed by atoms with Gasteiger partial charge in [-0.15, -0.1) is 22.7 Å². The van der Waals surface area contributed by atoms with Gasteiger partial charge in [-0.1, -0.05) is 23.8 Å². The molecule has 5 aromatic rings. The number of thiazole rings is 2. The fraction of sp³-hybridized carbons (Fsp3) is 0.148. The van der Waals surface area contributed by atoms with Crippen LogP contribution in [0, 0.1) is 20.8 Å². The molecule has 1 amide bonds. The summed E-state index contributed by atoms with van der Waals surface area (Å²) in [6.45, 7) is 6.30. The number of carbonyl (C=O) groups is 1. The molecule has 0 aliphatic rings. The highest BCUT2D eigenvalue weighted by Gasteiger charge is 2.16. The number of anilines is 1. The maximum absolute atomic E-state index is 12.9. The van der Waals surface area contributed by atoms with E-state index in [9.17, 15) is 4.79 Å². The Kier molecular flexibility index (Phi) is 6.13.